The smallest absolute Gasteiger partial charge is 0.280 e. The summed E-state index contributed by atoms with van der Waals surface area (Å²) in [5.74, 6) is 0.0785. The number of nitrogens with zero attached hydrogens (tertiary/aromatic N) is 2. The average Bonchev–Trinajstić information content (AvgIpc) is 2.59. The van der Waals surface area contributed by atoms with E-state index < -0.39 is 6.43 Å². The van der Waals surface area contributed by atoms with E-state index in [0.29, 0.717) is 16.7 Å². The number of alkyl halides is 2. The Kier molecular flexibility index (Phi) is 2.49. The summed E-state index contributed by atoms with van der Waals surface area (Å²) in [5.41, 5.74) is 6.08. The molecule has 2 aromatic heterocycles. The maximum Gasteiger partial charge on any atom is 0.280 e. The first-order valence-corrected chi connectivity index (χ1v) is 4.84. The number of aromatic nitrogens is 2. The first-order chi connectivity index (χ1) is 7.50. The van der Waals surface area contributed by atoms with E-state index in [9.17, 15) is 8.78 Å². The second-order valence-electron chi connectivity index (χ2n) is 3.83. The molecular formula is C10H11F2N3O. The highest BCUT2D eigenvalue weighted by molar-refractivity contribution is 5.88. The third kappa shape index (κ3) is 1.60. The van der Waals surface area contributed by atoms with Crippen molar-refractivity contribution in [2.75, 3.05) is 5.73 Å². The summed E-state index contributed by atoms with van der Waals surface area (Å²) >= 11 is 0. The van der Waals surface area contributed by atoms with E-state index in [1.54, 1.807) is 0 Å². The molecule has 0 saturated heterocycles. The van der Waals surface area contributed by atoms with Gasteiger partial charge in [0, 0.05) is 0 Å². The van der Waals surface area contributed by atoms with Crippen LogP contribution in [-0.4, -0.2) is 10.1 Å². The molecule has 0 spiro atoms. The third-order valence-electron chi connectivity index (χ3n) is 2.30. The van der Waals surface area contributed by atoms with Crippen molar-refractivity contribution in [1.29, 1.82) is 0 Å². The zero-order valence-electron chi connectivity index (χ0n) is 8.87. The third-order valence-corrected chi connectivity index (χ3v) is 2.30. The minimum absolute atomic E-state index is 0.0338. The van der Waals surface area contributed by atoms with Crippen LogP contribution in [0.2, 0.25) is 0 Å². The van der Waals surface area contributed by atoms with Crippen LogP contribution >= 0.6 is 0 Å². The Morgan fingerprint density at radius 3 is 2.62 bits per heavy atom. The maximum absolute atomic E-state index is 12.6. The van der Waals surface area contributed by atoms with E-state index in [2.05, 4.69) is 10.1 Å². The Morgan fingerprint density at radius 1 is 1.38 bits per heavy atom. The lowest BCUT2D eigenvalue weighted by molar-refractivity contribution is 0.146. The number of nitrogen functional groups attached to an aromatic ring is 1. The fourth-order valence-corrected chi connectivity index (χ4v) is 1.51. The van der Waals surface area contributed by atoms with Crippen LogP contribution in [-0.2, 0) is 0 Å². The Hall–Kier alpha value is -1.72. The van der Waals surface area contributed by atoms with Crippen molar-refractivity contribution in [3.8, 4) is 0 Å². The van der Waals surface area contributed by atoms with Crippen LogP contribution in [0.15, 0.2) is 10.6 Å². The second kappa shape index (κ2) is 3.70. The monoisotopic (exact) mass is 227 g/mol. The molecule has 0 amide bonds. The van der Waals surface area contributed by atoms with Crippen molar-refractivity contribution < 1.29 is 13.3 Å². The van der Waals surface area contributed by atoms with Crippen LogP contribution in [0.1, 0.15) is 37.6 Å². The van der Waals surface area contributed by atoms with E-state index in [-0.39, 0.29) is 17.4 Å². The summed E-state index contributed by atoms with van der Waals surface area (Å²) in [6.07, 6.45) is -2.63. The van der Waals surface area contributed by atoms with Gasteiger partial charge in [0.15, 0.2) is 11.4 Å². The standard InChI is InChI=1S/C10H11F2N3O/c1-4(2)7-8-5(10(13)15-16-8)3-6(14-7)9(11)12/h3-4,9H,1-2H3,(H2,13,15). The molecule has 0 aromatic carbocycles. The first-order valence-electron chi connectivity index (χ1n) is 4.84. The molecule has 16 heavy (non-hydrogen) atoms. The predicted molar refractivity (Wildman–Crippen MR) is 55.3 cm³/mol. The van der Waals surface area contributed by atoms with Gasteiger partial charge in [-0.1, -0.05) is 19.0 Å². The van der Waals surface area contributed by atoms with Gasteiger partial charge in [-0.3, -0.25) is 0 Å². The van der Waals surface area contributed by atoms with Crippen LogP contribution in [0.25, 0.3) is 11.0 Å². The van der Waals surface area contributed by atoms with Gasteiger partial charge >= 0.3 is 0 Å². The quantitative estimate of drug-likeness (QED) is 0.856. The van der Waals surface area contributed by atoms with E-state index in [0.717, 1.165) is 0 Å². The number of nitrogens with two attached hydrogens (primary N) is 1. The Balaban J connectivity index is 2.75. The Bertz CT molecular complexity index is 522. The normalized spacial score (nSPS) is 11.9. The van der Waals surface area contributed by atoms with E-state index in [1.807, 2.05) is 13.8 Å². The largest absolute Gasteiger partial charge is 0.380 e. The zero-order chi connectivity index (χ0) is 11.9. The maximum atomic E-state index is 12.6. The lowest BCUT2D eigenvalue weighted by Gasteiger charge is -2.07. The van der Waals surface area contributed by atoms with Gasteiger partial charge in [0.25, 0.3) is 6.43 Å². The summed E-state index contributed by atoms with van der Waals surface area (Å²) < 4.78 is 30.2. The van der Waals surface area contributed by atoms with Crippen LogP contribution in [0.5, 0.6) is 0 Å². The van der Waals surface area contributed by atoms with Gasteiger partial charge in [-0.15, -0.1) is 0 Å². The minimum atomic E-state index is -2.63. The van der Waals surface area contributed by atoms with Crippen molar-refractivity contribution in [2.45, 2.75) is 26.2 Å². The highest BCUT2D eigenvalue weighted by Gasteiger charge is 2.19. The zero-order valence-corrected chi connectivity index (χ0v) is 8.87. The number of hydrogen-bond acceptors (Lipinski definition) is 4. The molecule has 2 N–H and O–H groups in total. The molecule has 0 aliphatic heterocycles. The highest BCUT2D eigenvalue weighted by Crippen LogP contribution is 2.30. The molecule has 2 rings (SSSR count). The fraction of sp³-hybridized carbons (Fsp3) is 0.400. The average molecular weight is 227 g/mol. The summed E-state index contributed by atoms with van der Waals surface area (Å²) in [7, 11) is 0. The number of hydrogen-bond donors (Lipinski definition) is 1. The van der Waals surface area contributed by atoms with Gasteiger partial charge in [-0.25, -0.2) is 13.8 Å². The summed E-state index contributed by atoms with van der Waals surface area (Å²) in [4.78, 5) is 3.87. The van der Waals surface area contributed by atoms with Gasteiger partial charge in [-0.2, -0.15) is 0 Å². The lowest BCUT2D eigenvalue weighted by atomic mass is 10.1. The molecule has 4 nitrogen and oxygen atoms in total. The predicted octanol–water partition coefficient (Wildman–Crippen LogP) is 2.87. The molecule has 0 unspecified atom stereocenters. The molecular weight excluding hydrogens is 216 g/mol. The number of pyridine rings is 1. The number of halogens is 2. The van der Waals surface area contributed by atoms with Gasteiger partial charge in [-0.05, 0) is 12.0 Å². The Labute approximate surface area is 90.4 Å². The molecule has 0 saturated carbocycles. The number of fused-ring (bicyclic) bond motifs is 1. The van der Waals surface area contributed by atoms with E-state index in [4.69, 9.17) is 10.3 Å². The molecule has 2 heterocycles. The van der Waals surface area contributed by atoms with Crippen LogP contribution in [0.3, 0.4) is 0 Å². The molecule has 6 heteroatoms. The molecule has 0 fully saturated rings. The van der Waals surface area contributed by atoms with Gasteiger partial charge < -0.3 is 10.3 Å². The van der Waals surface area contributed by atoms with Crippen molar-refractivity contribution >= 4 is 16.8 Å². The molecule has 0 bridgehead atoms. The topological polar surface area (TPSA) is 64.9 Å². The van der Waals surface area contributed by atoms with Crippen molar-refractivity contribution in [2.24, 2.45) is 0 Å². The fourth-order valence-electron chi connectivity index (χ4n) is 1.51. The van der Waals surface area contributed by atoms with Gasteiger partial charge in [0.05, 0.1) is 11.1 Å². The summed E-state index contributed by atoms with van der Waals surface area (Å²) in [6.45, 7) is 3.69. The summed E-state index contributed by atoms with van der Waals surface area (Å²) in [5, 5.41) is 3.95. The first kappa shape index (κ1) is 10.8. The molecule has 0 atom stereocenters. The molecule has 0 aliphatic rings. The molecule has 86 valence electrons. The summed E-state index contributed by atoms with van der Waals surface area (Å²) in [6, 6.07) is 1.22. The molecule has 2 aromatic rings. The van der Waals surface area contributed by atoms with E-state index >= 15 is 0 Å². The van der Waals surface area contributed by atoms with Crippen molar-refractivity contribution in [3.63, 3.8) is 0 Å². The van der Waals surface area contributed by atoms with E-state index in [1.165, 1.54) is 6.07 Å². The highest BCUT2D eigenvalue weighted by atomic mass is 19.3. The van der Waals surface area contributed by atoms with Crippen LogP contribution in [0, 0.1) is 0 Å². The number of anilines is 1. The molecule has 0 aliphatic carbocycles. The van der Waals surface area contributed by atoms with Gasteiger partial charge in [0.1, 0.15) is 5.69 Å². The second-order valence-corrected chi connectivity index (χ2v) is 3.83. The minimum Gasteiger partial charge on any atom is -0.380 e. The molecule has 0 radical (unpaired) electrons. The Morgan fingerprint density at radius 2 is 2.06 bits per heavy atom. The lowest BCUT2D eigenvalue weighted by Crippen LogP contribution is -1.99. The van der Waals surface area contributed by atoms with Gasteiger partial charge in [0.2, 0.25) is 0 Å². The van der Waals surface area contributed by atoms with Crippen LogP contribution in [0.4, 0.5) is 14.6 Å². The SMILES string of the molecule is CC(C)c1nc(C(F)F)cc2c(N)noc12. The van der Waals surface area contributed by atoms with Crippen molar-refractivity contribution in [3.05, 3.63) is 17.5 Å². The number of rotatable bonds is 2. The van der Waals surface area contributed by atoms with Crippen LogP contribution < -0.4 is 5.73 Å². The van der Waals surface area contributed by atoms with Crippen molar-refractivity contribution in [1.82, 2.24) is 10.1 Å².